The number of hydrogen-bond donors (Lipinski definition) is 0. The van der Waals surface area contributed by atoms with Gasteiger partial charge in [-0.25, -0.2) is 9.37 Å². The van der Waals surface area contributed by atoms with Crippen LogP contribution in [0.2, 0.25) is 5.02 Å². The third kappa shape index (κ3) is 2.78. The van der Waals surface area contributed by atoms with Gasteiger partial charge in [0.1, 0.15) is 11.6 Å². The monoisotopic (exact) mass is 289 g/mol. The van der Waals surface area contributed by atoms with Crippen LogP contribution in [0.5, 0.6) is 0 Å². The van der Waals surface area contributed by atoms with Crippen molar-refractivity contribution < 1.29 is 17.6 Å². The fourth-order valence-corrected chi connectivity index (χ4v) is 1.73. The van der Waals surface area contributed by atoms with Gasteiger partial charge in [-0.1, -0.05) is 11.6 Å². The Hall–Kier alpha value is -1.82. The molecule has 0 bridgehead atoms. The van der Waals surface area contributed by atoms with Crippen molar-refractivity contribution in [2.24, 2.45) is 0 Å². The second kappa shape index (κ2) is 4.70. The molecule has 0 atom stereocenters. The van der Waals surface area contributed by atoms with E-state index in [2.05, 4.69) is 4.98 Å². The number of aromatic nitrogens is 1. The summed E-state index contributed by atoms with van der Waals surface area (Å²) in [6.07, 6.45) is -4.61. The number of nitrogens with one attached hydrogen (secondary N) is 1. The second-order valence-electron chi connectivity index (χ2n) is 3.72. The van der Waals surface area contributed by atoms with Crippen LogP contribution in [0.4, 0.5) is 23.4 Å². The zero-order valence-electron chi connectivity index (χ0n) is 9.22. The maximum atomic E-state index is 13.0. The molecular formula is C12H6ClF4N2. The zero-order chi connectivity index (χ0) is 14.2. The third-order valence-corrected chi connectivity index (χ3v) is 2.68. The van der Waals surface area contributed by atoms with E-state index in [9.17, 15) is 17.6 Å². The molecule has 0 aliphatic carbocycles. The number of pyridine rings is 1. The number of nitrogens with zero attached hydrogens (tertiary/aromatic N) is 1. The zero-order valence-corrected chi connectivity index (χ0v) is 9.98. The Morgan fingerprint density at radius 1 is 1.11 bits per heavy atom. The van der Waals surface area contributed by atoms with E-state index in [1.165, 1.54) is 0 Å². The SMILES string of the molecule is [NH]c1ccc(C(F)(F)F)c(-c2ccc(F)c(Cl)c2)n1. The Bertz CT molecular complexity index is 626. The normalized spacial score (nSPS) is 11.6. The Balaban J connectivity index is 2.66. The van der Waals surface area contributed by atoms with Crippen molar-refractivity contribution in [2.75, 3.05) is 0 Å². The van der Waals surface area contributed by atoms with Gasteiger partial charge in [-0.05, 0) is 30.3 Å². The number of hydrogen-bond acceptors (Lipinski definition) is 1. The molecule has 1 aromatic heterocycles. The predicted molar refractivity (Wildman–Crippen MR) is 62.4 cm³/mol. The molecule has 0 spiro atoms. The van der Waals surface area contributed by atoms with Gasteiger partial charge in [-0.2, -0.15) is 13.2 Å². The highest BCUT2D eigenvalue weighted by atomic mass is 35.5. The largest absolute Gasteiger partial charge is 0.418 e. The van der Waals surface area contributed by atoms with E-state index in [1.54, 1.807) is 0 Å². The summed E-state index contributed by atoms with van der Waals surface area (Å²) < 4.78 is 51.5. The summed E-state index contributed by atoms with van der Waals surface area (Å²) in [5.41, 5.74) is 5.87. The first-order chi connectivity index (χ1) is 8.79. The van der Waals surface area contributed by atoms with Crippen LogP contribution in [0.1, 0.15) is 5.56 Å². The summed E-state index contributed by atoms with van der Waals surface area (Å²) in [5.74, 6) is -1.05. The van der Waals surface area contributed by atoms with Gasteiger partial charge in [-0.15, -0.1) is 0 Å². The molecule has 0 saturated heterocycles. The quantitative estimate of drug-likeness (QED) is 0.713. The van der Waals surface area contributed by atoms with E-state index in [4.69, 9.17) is 17.3 Å². The molecule has 0 saturated carbocycles. The van der Waals surface area contributed by atoms with E-state index in [0.29, 0.717) is 0 Å². The molecule has 2 rings (SSSR count). The smallest absolute Gasteiger partial charge is 0.283 e. The van der Waals surface area contributed by atoms with Crippen LogP contribution in [-0.2, 0) is 6.18 Å². The first kappa shape index (κ1) is 13.6. The average Bonchev–Trinajstić information content (AvgIpc) is 2.31. The fraction of sp³-hybridized carbons (Fsp3) is 0.0833. The molecule has 0 aliphatic heterocycles. The molecule has 0 aliphatic rings. The lowest BCUT2D eigenvalue weighted by Crippen LogP contribution is -2.08. The number of benzene rings is 1. The van der Waals surface area contributed by atoms with Crippen molar-refractivity contribution in [3.05, 3.63) is 46.7 Å². The van der Waals surface area contributed by atoms with Gasteiger partial charge < -0.3 is 0 Å². The highest BCUT2D eigenvalue weighted by molar-refractivity contribution is 6.31. The van der Waals surface area contributed by atoms with Crippen LogP contribution < -0.4 is 5.73 Å². The van der Waals surface area contributed by atoms with E-state index in [-0.39, 0.29) is 16.4 Å². The third-order valence-electron chi connectivity index (χ3n) is 2.39. The van der Waals surface area contributed by atoms with Gasteiger partial charge >= 0.3 is 6.18 Å². The van der Waals surface area contributed by atoms with Crippen molar-refractivity contribution in [2.45, 2.75) is 6.18 Å². The molecule has 0 fully saturated rings. The molecule has 99 valence electrons. The van der Waals surface area contributed by atoms with Gasteiger partial charge in [0.2, 0.25) is 0 Å². The Kier molecular flexibility index (Phi) is 3.36. The minimum Gasteiger partial charge on any atom is -0.283 e. The Labute approximate surface area is 110 Å². The summed E-state index contributed by atoms with van der Waals surface area (Å²) in [5, 5.41) is -0.303. The number of rotatable bonds is 1. The van der Waals surface area contributed by atoms with Crippen molar-refractivity contribution in [3.63, 3.8) is 0 Å². The van der Waals surface area contributed by atoms with Crippen LogP contribution >= 0.6 is 11.6 Å². The topological polar surface area (TPSA) is 36.7 Å². The first-order valence-corrected chi connectivity index (χ1v) is 5.42. The molecule has 2 nitrogen and oxygen atoms in total. The lowest BCUT2D eigenvalue weighted by atomic mass is 10.1. The maximum absolute atomic E-state index is 13.0. The van der Waals surface area contributed by atoms with Gasteiger partial charge in [0, 0.05) is 5.56 Å². The van der Waals surface area contributed by atoms with Gasteiger partial charge in [0.05, 0.1) is 16.3 Å². The van der Waals surface area contributed by atoms with Gasteiger partial charge in [0.25, 0.3) is 0 Å². The summed E-state index contributed by atoms with van der Waals surface area (Å²) in [7, 11) is 0. The first-order valence-electron chi connectivity index (χ1n) is 5.04. The molecule has 1 N–H and O–H groups in total. The molecule has 0 unspecified atom stereocenters. The van der Waals surface area contributed by atoms with E-state index < -0.39 is 23.3 Å². The summed E-state index contributed by atoms with van der Waals surface area (Å²) in [6, 6.07) is 4.85. The van der Waals surface area contributed by atoms with Gasteiger partial charge in [-0.3, -0.25) is 5.73 Å². The van der Waals surface area contributed by atoms with Crippen molar-refractivity contribution in [3.8, 4) is 11.3 Å². The molecule has 2 aromatic rings. The molecule has 0 amide bonds. The molecule has 1 radical (unpaired) electrons. The maximum Gasteiger partial charge on any atom is 0.418 e. The lowest BCUT2D eigenvalue weighted by Gasteiger charge is -2.12. The van der Waals surface area contributed by atoms with E-state index >= 15 is 0 Å². The summed E-state index contributed by atoms with van der Waals surface area (Å²) >= 11 is 5.54. The molecule has 19 heavy (non-hydrogen) atoms. The van der Waals surface area contributed by atoms with Crippen LogP contribution in [-0.4, -0.2) is 4.98 Å². The van der Waals surface area contributed by atoms with Crippen molar-refractivity contribution in [1.82, 2.24) is 10.7 Å². The fourth-order valence-electron chi connectivity index (χ4n) is 1.55. The standard InChI is InChI=1S/C12H6ClF4N2/c13-8-5-6(1-3-9(8)14)11-7(12(15,16)17)2-4-10(18)19-11/h1-5,18H. The molecule has 1 heterocycles. The highest BCUT2D eigenvalue weighted by Crippen LogP contribution is 2.37. The minimum absolute atomic E-state index is 0.00725. The second-order valence-corrected chi connectivity index (χ2v) is 4.13. The lowest BCUT2D eigenvalue weighted by molar-refractivity contribution is -0.137. The van der Waals surface area contributed by atoms with Crippen LogP contribution in [0.25, 0.3) is 11.3 Å². The number of alkyl halides is 3. The summed E-state index contributed by atoms with van der Waals surface area (Å²) in [6.45, 7) is 0. The highest BCUT2D eigenvalue weighted by Gasteiger charge is 2.34. The minimum atomic E-state index is -4.61. The molecular weight excluding hydrogens is 284 g/mol. The van der Waals surface area contributed by atoms with Gasteiger partial charge in [0.15, 0.2) is 0 Å². The van der Waals surface area contributed by atoms with E-state index in [1.807, 2.05) is 0 Å². The average molecular weight is 290 g/mol. The van der Waals surface area contributed by atoms with Crippen molar-refractivity contribution >= 4 is 17.4 Å². The van der Waals surface area contributed by atoms with E-state index in [0.717, 1.165) is 30.3 Å². The Morgan fingerprint density at radius 2 is 1.79 bits per heavy atom. The molecule has 1 aromatic carbocycles. The summed E-state index contributed by atoms with van der Waals surface area (Å²) in [4.78, 5) is 3.55. The van der Waals surface area contributed by atoms with Crippen LogP contribution in [0, 0.1) is 5.82 Å². The van der Waals surface area contributed by atoms with Crippen LogP contribution in [0.15, 0.2) is 30.3 Å². The Morgan fingerprint density at radius 3 is 2.37 bits per heavy atom. The van der Waals surface area contributed by atoms with Crippen LogP contribution in [0.3, 0.4) is 0 Å². The van der Waals surface area contributed by atoms with Crippen molar-refractivity contribution in [1.29, 1.82) is 0 Å². The molecule has 7 heteroatoms. The number of halogens is 5. The predicted octanol–water partition coefficient (Wildman–Crippen LogP) is 4.47.